The fourth-order valence-corrected chi connectivity index (χ4v) is 2.27. The molecule has 0 radical (unpaired) electrons. The van der Waals surface area contributed by atoms with Crippen molar-refractivity contribution < 1.29 is 19.5 Å². The third-order valence-corrected chi connectivity index (χ3v) is 3.53. The molecule has 1 rings (SSSR count). The van der Waals surface area contributed by atoms with Gasteiger partial charge in [-0.2, -0.15) is 0 Å². The van der Waals surface area contributed by atoms with E-state index in [1.165, 1.54) is 17.4 Å². The maximum Gasteiger partial charge on any atom is 0.338 e. The van der Waals surface area contributed by atoms with Gasteiger partial charge in [-0.05, 0) is 17.9 Å². The predicted molar refractivity (Wildman–Crippen MR) is 81.6 cm³/mol. The van der Waals surface area contributed by atoms with Crippen molar-refractivity contribution in [2.75, 3.05) is 11.9 Å². The number of hydrogen-bond acceptors (Lipinski definition) is 4. The number of anilines is 1. The van der Waals surface area contributed by atoms with Gasteiger partial charge in [0.2, 0.25) is 11.8 Å². The SMILES string of the molecule is CC(C)(C)C(=O)NCCCC(=O)Nc1sccc1C(=O)O. The van der Waals surface area contributed by atoms with E-state index < -0.39 is 11.4 Å². The van der Waals surface area contributed by atoms with Crippen molar-refractivity contribution in [1.29, 1.82) is 0 Å². The Morgan fingerprint density at radius 1 is 1.29 bits per heavy atom. The third-order valence-electron chi connectivity index (χ3n) is 2.70. The van der Waals surface area contributed by atoms with Crippen LogP contribution in [0.25, 0.3) is 0 Å². The van der Waals surface area contributed by atoms with Gasteiger partial charge < -0.3 is 15.7 Å². The first kappa shape index (κ1) is 17.2. The molecule has 0 bridgehead atoms. The number of carbonyl (C=O) groups excluding carboxylic acids is 2. The number of amides is 2. The van der Waals surface area contributed by atoms with Gasteiger partial charge in [0.25, 0.3) is 0 Å². The number of rotatable bonds is 6. The van der Waals surface area contributed by atoms with E-state index in [1.807, 2.05) is 20.8 Å². The highest BCUT2D eigenvalue weighted by Crippen LogP contribution is 2.23. The number of carbonyl (C=O) groups is 3. The Labute approximate surface area is 127 Å². The second kappa shape index (κ2) is 7.21. The van der Waals surface area contributed by atoms with Crippen molar-refractivity contribution in [3.8, 4) is 0 Å². The number of thiophene rings is 1. The molecule has 0 atom stereocenters. The van der Waals surface area contributed by atoms with Crippen molar-refractivity contribution in [3.63, 3.8) is 0 Å². The van der Waals surface area contributed by atoms with Gasteiger partial charge in [-0.1, -0.05) is 20.8 Å². The van der Waals surface area contributed by atoms with Gasteiger partial charge in [0.1, 0.15) is 5.00 Å². The molecule has 6 nitrogen and oxygen atoms in total. The standard InChI is InChI=1S/C14H20N2O4S/c1-14(2,3)13(20)15-7-4-5-10(17)16-11-9(12(18)19)6-8-21-11/h6,8H,4-5,7H2,1-3H3,(H,15,20)(H,16,17)(H,18,19). The zero-order valence-corrected chi connectivity index (χ0v) is 13.2. The van der Waals surface area contributed by atoms with E-state index in [2.05, 4.69) is 10.6 Å². The fourth-order valence-electron chi connectivity index (χ4n) is 1.48. The molecule has 1 aromatic rings. The van der Waals surface area contributed by atoms with Crippen LogP contribution in [0.5, 0.6) is 0 Å². The Morgan fingerprint density at radius 3 is 2.52 bits per heavy atom. The summed E-state index contributed by atoms with van der Waals surface area (Å²) in [6, 6.07) is 1.45. The van der Waals surface area contributed by atoms with Crippen LogP contribution in [0.2, 0.25) is 0 Å². The van der Waals surface area contributed by atoms with Gasteiger partial charge in [-0.3, -0.25) is 9.59 Å². The third kappa shape index (κ3) is 5.55. The summed E-state index contributed by atoms with van der Waals surface area (Å²) in [7, 11) is 0. The van der Waals surface area contributed by atoms with Crippen LogP contribution in [-0.2, 0) is 9.59 Å². The van der Waals surface area contributed by atoms with Crippen molar-refractivity contribution in [2.24, 2.45) is 5.41 Å². The lowest BCUT2D eigenvalue weighted by molar-refractivity contribution is -0.128. The summed E-state index contributed by atoms with van der Waals surface area (Å²) < 4.78 is 0. The first-order chi connectivity index (χ1) is 9.71. The van der Waals surface area contributed by atoms with Crippen LogP contribution in [0, 0.1) is 5.41 Å². The van der Waals surface area contributed by atoms with Crippen LogP contribution in [0.4, 0.5) is 5.00 Å². The monoisotopic (exact) mass is 312 g/mol. The van der Waals surface area contributed by atoms with Crippen molar-refractivity contribution in [2.45, 2.75) is 33.6 Å². The number of aromatic carboxylic acids is 1. The smallest absolute Gasteiger partial charge is 0.338 e. The van der Waals surface area contributed by atoms with E-state index in [1.54, 1.807) is 5.38 Å². The van der Waals surface area contributed by atoms with Gasteiger partial charge in [0.15, 0.2) is 0 Å². The molecule has 0 saturated heterocycles. The van der Waals surface area contributed by atoms with Crippen molar-refractivity contribution >= 4 is 34.1 Å². The Kier molecular flexibility index (Phi) is 5.90. The molecule has 0 aromatic carbocycles. The first-order valence-corrected chi connectivity index (χ1v) is 7.48. The molecule has 0 aliphatic heterocycles. The summed E-state index contributed by atoms with van der Waals surface area (Å²) in [6.07, 6.45) is 0.725. The molecule has 21 heavy (non-hydrogen) atoms. The minimum Gasteiger partial charge on any atom is -0.478 e. The molecule has 3 N–H and O–H groups in total. The van der Waals surface area contributed by atoms with E-state index in [-0.39, 0.29) is 23.8 Å². The van der Waals surface area contributed by atoms with Gasteiger partial charge >= 0.3 is 5.97 Å². The molecule has 7 heteroatoms. The van der Waals surface area contributed by atoms with Crippen LogP contribution in [0.3, 0.4) is 0 Å². The lowest BCUT2D eigenvalue weighted by Gasteiger charge is -2.17. The Hall–Kier alpha value is -1.89. The highest BCUT2D eigenvalue weighted by atomic mass is 32.1. The first-order valence-electron chi connectivity index (χ1n) is 6.60. The Balaban J connectivity index is 2.34. The van der Waals surface area contributed by atoms with Crippen LogP contribution in [0.1, 0.15) is 44.0 Å². The summed E-state index contributed by atoms with van der Waals surface area (Å²) in [5.74, 6) is -1.39. The van der Waals surface area contributed by atoms with Crippen LogP contribution < -0.4 is 10.6 Å². The molecule has 1 heterocycles. The van der Waals surface area contributed by atoms with Gasteiger partial charge in [-0.15, -0.1) is 11.3 Å². The number of carboxylic acids is 1. The molecular formula is C14H20N2O4S. The normalized spacial score (nSPS) is 11.0. The molecule has 116 valence electrons. The number of nitrogens with one attached hydrogen (secondary N) is 2. The zero-order chi connectivity index (χ0) is 16.0. The van der Waals surface area contributed by atoms with E-state index in [9.17, 15) is 14.4 Å². The Morgan fingerprint density at radius 2 is 1.95 bits per heavy atom. The van der Waals surface area contributed by atoms with E-state index in [4.69, 9.17) is 5.11 Å². The molecule has 1 aromatic heterocycles. The van der Waals surface area contributed by atoms with Gasteiger partial charge in [0, 0.05) is 18.4 Å². The summed E-state index contributed by atoms with van der Waals surface area (Å²) in [4.78, 5) is 34.2. The van der Waals surface area contributed by atoms with E-state index in [0.29, 0.717) is 18.0 Å². The van der Waals surface area contributed by atoms with Crippen LogP contribution in [-0.4, -0.2) is 29.4 Å². The molecule has 0 spiro atoms. The second-order valence-corrected chi connectivity index (χ2v) is 6.54. The molecule has 0 aliphatic carbocycles. The average molecular weight is 312 g/mol. The molecule has 0 unspecified atom stereocenters. The second-order valence-electron chi connectivity index (χ2n) is 5.63. The Bertz CT molecular complexity index is 531. The van der Waals surface area contributed by atoms with Gasteiger partial charge in [-0.25, -0.2) is 4.79 Å². The highest BCUT2D eigenvalue weighted by Gasteiger charge is 2.20. The van der Waals surface area contributed by atoms with Crippen molar-refractivity contribution in [3.05, 3.63) is 17.0 Å². The topological polar surface area (TPSA) is 95.5 Å². The molecule has 0 aliphatic rings. The molecular weight excluding hydrogens is 292 g/mol. The van der Waals surface area contributed by atoms with E-state index in [0.717, 1.165) is 0 Å². The maximum atomic E-state index is 11.7. The lowest BCUT2D eigenvalue weighted by Crippen LogP contribution is -2.35. The molecule has 0 saturated carbocycles. The number of hydrogen-bond donors (Lipinski definition) is 3. The van der Waals surface area contributed by atoms with Crippen LogP contribution in [0.15, 0.2) is 11.4 Å². The molecule has 0 fully saturated rings. The summed E-state index contributed by atoms with van der Waals surface area (Å²) in [5.41, 5.74) is -0.357. The van der Waals surface area contributed by atoms with Crippen molar-refractivity contribution in [1.82, 2.24) is 5.32 Å². The minimum atomic E-state index is -1.07. The van der Waals surface area contributed by atoms with E-state index >= 15 is 0 Å². The predicted octanol–water partition coefficient (Wildman–Crippen LogP) is 2.33. The summed E-state index contributed by atoms with van der Waals surface area (Å²) in [5, 5.41) is 16.2. The fraction of sp³-hybridized carbons (Fsp3) is 0.500. The number of carboxylic acid groups (broad SMARTS) is 1. The average Bonchev–Trinajstić information content (AvgIpc) is 2.81. The summed E-state index contributed by atoms with van der Waals surface area (Å²) >= 11 is 1.17. The highest BCUT2D eigenvalue weighted by molar-refractivity contribution is 7.14. The lowest BCUT2D eigenvalue weighted by atomic mass is 9.96. The summed E-state index contributed by atoms with van der Waals surface area (Å²) in [6.45, 7) is 5.87. The maximum absolute atomic E-state index is 11.7. The molecule has 2 amide bonds. The zero-order valence-electron chi connectivity index (χ0n) is 12.4. The minimum absolute atomic E-state index is 0.0608. The van der Waals surface area contributed by atoms with Crippen LogP contribution >= 0.6 is 11.3 Å². The largest absolute Gasteiger partial charge is 0.478 e. The quantitative estimate of drug-likeness (QED) is 0.702. The van der Waals surface area contributed by atoms with Gasteiger partial charge in [0.05, 0.1) is 5.56 Å².